The van der Waals surface area contributed by atoms with Gasteiger partial charge in [-0.25, -0.2) is 0 Å². The summed E-state index contributed by atoms with van der Waals surface area (Å²) in [6.07, 6.45) is 6.84. The van der Waals surface area contributed by atoms with Gasteiger partial charge in [0, 0.05) is 18.3 Å². The normalized spacial score (nSPS) is 15.5. The lowest BCUT2D eigenvalue weighted by Crippen LogP contribution is -2.39. The van der Waals surface area contributed by atoms with E-state index < -0.39 is 0 Å². The summed E-state index contributed by atoms with van der Waals surface area (Å²) in [5.74, 6) is 0.0596. The molecule has 0 aliphatic heterocycles. The van der Waals surface area contributed by atoms with Crippen molar-refractivity contribution in [1.29, 1.82) is 0 Å². The van der Waals surface area contributed by atoms with E-state index >= 15 is 0 Å². The van der Waals surface area contributed by atoms with Crippen LogP contribution in [0.15, 0.2) is 36.9 Å². The number of aryl methyl sites for hydroxylation is 1. The van der Waals surface area contributed by atoms with Gasteiger partial charge in [-0.15, -0.1) is 6.58 Å². The summed E-state index contributed by atoms with van der Waals surface area (Å²) in [7, 11) is 0. The van der Waals surface area contributed by atoms with Crippen LogP contribution in [0, 0.1) is 6.92 Å². The van der Waals surface area contributed by atoms with Crippen molar-refractivity contribution in [2.24, 2.45) is 0 Å². The quantitative estimate of drug-likeness (QED) is 0.805. The van der Waals surface area contributed by atoms with E-state index in [4.69, 9.17) is 0 Å². The Balaban J connectivity index is 1.92. The zero-order chi connectivity index (χ0) is 14.4. The van der Waals surface area contributed by atoms with Crippen molar-refractivity contribution in [2.45, 2.75) is 38.6 Å². The van der Waals surface area contributed by atoms with E-state index in [1.54, 1.807) is 0 Å². The molecule has 1 saturated carbocycles. The number of benzene rings is 1. The number of carbonyl (C=O) groups excluding carboxylic acids is 1. The third-order valence-corrected chi connectivity index (χ3v) is 3.85. The zero-order valence-electron chi connectivity index (χ0n) is 12.3. The van der Waals surface area contributed by atoms with Gasteiger partial charge in [-0.1, -0.05) is 31.1 Å². The fraction of sp³-hybridized carbons (Fsp3) is 0.471. The Bertz CT molecular complexity index is 464. The highest BCUT2D eigenvalue weighted by Gasteiger charge is 2.23. The summed E-state index contributed by atoms with van der Waals surface area (Å²) in [4.78, 5) is 14.4. The van der Waals surface area contributed by atoms with Crippen molar-refractivity contribution in [3.8, 4) is 0 Å². The molecule has 2 rings (SSSR count). The van der Waals surface area contributed by atoms with E-state index in [1.807, 2.05) is 37.3 Å². The largest absolute Gasteiger partial charge is 0.325 e. The second-order valence-corrected chi connectivity index (χ2v) is 5.57. The van der Waals surface area contributed by atoms with Crippen molar-refractivity contribution in [1.82, 2.24) is 4.90 Å². The molecule has 1 aliphatic rings. The molecule has 1 amide bonds. The van der Waals surface area contributed by atoms with Crippen molar-refractivity contribution in [2.75, 3.05) is 18.4 Å². The minimum atomic E-state index is 0.0596. The van der Waals surface area contributed by atoms with Gasteiger partial charge in [-0.2, -0.15) is 0 Å². The second kappa shape index (κ2) is 7.25. The standard InChI is InChI=1S/C17H24N2O/c1-3-11-19(16-9-4-5-10-16)13-17(20)18-15-8-6-7-14(2)12-15/h3,6-8,12,16H,1,4-5,9-11,13H2,2H3,(H,18,20). The molecule has 0 aromatic heterocycles. The van der Waals surface area contributed by atoms with Crippen molar-refractivity contribution in [3.05, 3.63) is 42.5 Å². The Kier molecular flexibility index (Phi) is 5.36. The number of nitrogens with one attached hydrogen (secondary N) is 1. The van der Waals surface area contributed by atoms with E-state index in [2.05, 4.69) is 16.8 Å². The fourth-order valence-electron chi connectivity index (χ4n) is 2.89. The predicted molar refractivity (Wildman–Crippen MR) is 83.8 cm³/mol. The van der Waals surface area contributed by atoms with Crippen LogP contribution in [0.1, 0.15) is 31.2 Å². The van der Waals surface area contributed by atoms with Crippen molar-refractivity contribution < 1.29 is 4.79 Å². The minimum absolute atomic E-state index is 0.0596. The summed E-state index contributed by atoms with van der Waals surface area (Å²) in [6, 6.07) is 8.45. The maximum Gasteiger partial charge on any atom is 0.238 e. The van der Waals surface area contributed by atoms with Crippen LogP contribution in [0.5, 0.6) is 0 Å². The molecule has 1 aromatic carbocycles. The van der Waals surface area contributed by atoms with E-state index in [0.29, 0.717) is 12.6 Å². The molecule has 1 aromatic rings. The van der Waals surface area contributed by atoms with E-state index in [9.17, 15) is 4.79 Å². The van der Waals surface area contributed by atoms with Crippen LogP contribution in [0.25, 0.3) is 0 Å². The van der Waals surface area contributed by atoms with Gasteiger partial charge < -0.3 is 5.32 Å². The van der Waals surface area contributed by atoms with Gasteiger partial charge >= 0.3 is 0 Å². The number of hydrogen-bond acceptors (Lipinski definition) is 2. The van der Waals surface area contributed by atoms with Crippen molar-refractivity contribution >= 4 is 11.6 Å². The number of nitrogens with zero attached hydrogens (tertiary/aromatic N) is 1. The molecule has 20 heavy (non-hydrogen) atoms. The average molecular weight is 272 g/mol. The third-order valence-electron chi connectivity index (χ3n) is 3.85. The molecule has 0 heterocycles. The average Bonchev–Trinajstić information content (AvgIpc) is 2.92. The topological polar surface area (TPSA) is 32.3 Å². The number of hydrogen-bond donors (Lipinski definition) is 1. The van der Waals surface area contributed by atoms with Crippen molar-refractivity contribution in [3.63, 3.8) is 0 Å². The Morgan fingerprint density at radius 2 is 2.20 bits per heavy atom. The Morgan fingerprint density at radius 3 is 2.85 bits per heavy atom. The molecule has 0 atom stereocenters. The Hall–Kier alpha value is -1.61. The van der Waals surface area contributed by atoms with Gasteiger partial charge in [0.25, 0.3) is 0 Å². The van der Waals surface area contributed by atoms with Crippen LogP contribution in [-0.4, -0.2) is 29.9 Å². The van der Waals surface area contributed by atoms with Gasteiger partial charge in [-0.3, -0.25) is 9.69 Å². The van der Waals surface area contributed by atoms with Gasteiger partial charge in [0.15, 0.2) is 0 Å². The Morgan fingerprint density at radius 1 is 1.45 bits per heavy atom. The summed E-state index contributed by atoms with van der Waals surface area (Å²) in [5.41, 5.74) is 2.03. The van der Waals surface area contributed by atoms with Crippen LogP contribution >= 0.6 is 0 Å². The van der Waals surface area contributed by atoms with Crippen LogP contribution in [-0.2, 0) is 4.79 Å². The molecule has 3 nitrogen and oxygen atoms in total. The van der Waals surface area contributed by atoms with E-state index in [-0.39, 0.29) is 5.91 Å². The smallest absolute Gasteiger partial charge is 0.238 e. The van der Waals surface area contributed by atoms with Crippen LogP contribution in [0.2, 0.25) is 0 Å². The lowest BCUT2D eigenvalue weighted by atomic mass is 10.2. The first-order valence-corrected chi connectivity index (χ1v) is 7.40. The molecule has 0 radical (unpaired) electrons. The molecule has 0 spiro atoms. The maximum absolute atomic E-state index is 12.2. The van der Waals surface area contributed by atoms with Crippen LogP contribution in [0.4, 0.5) is 5.69 Å². The SMILES string of the molecule is C=CCN(CC(=O)Nc1cccc(C)c1)C1CCCC1. The summed E-state index contributed by atoms with van der Waals surface area (Å²) >= 11 is 0. The first kappa shape index (κ1) is 14.8. The highest BCUT2D eigenvalue weighted by molar-refractivity contribution is 5.92. The monoisotopic (exact) mass is 272 g/mol. The van der Waals surface area contributed by atoms with Crippen LogP contribution in [0.3, 0.4) is 0 Å². The van der Waals surface area contributed by atoms with Gasteiger partial charge in [0.05, 0.1) is 6.54 Å². The Labute approximate surface area is 121 Å². The number of amides is 1. The lowest BCUT2D eigenvalue weighted by Gasteiger charge is -2.26. The molecule has 1 aliphatic carbocycles. The molecule has 1 fully saturated rings. The molecule has 0 bridgehead atoms. The molecule has 1 N–H and O–H groups in total. The third kappa shape index (κ3) is 4.20. The first-order valence-electron chi connectivity index (χ1n) is 7.40. The number of rotatable bonds is 6. The summed E-state index contributed by atoms with van der Waals surface area (Å²) in [6.45, 7) is 7.06. The number of carbonyl (C=O) groups is 1. The van der Waals surface area contributed by atoms with E-state index in [1.165, 1.54) is 25.7 Å². The van der Waals surface area contributed by atoms with Gasteiger partial charge in [0.1, 0.15) is 0 Å². The lowest BCUT2D eigenvalue weighted by molar-refractivity contribution is -0.117. The first-order chi connectivity index (χ1) is 9.69. The maximum atomic E-state index is 12.2. The zero-order valence-corrected chi connectivity index (χ0v) is 12.3. The number of anilines is 1. The van der Waals surface area contributed by atoms with Crippen LogP contribution < -0.4 is 5.32 Å². The molecular formula is C17H24N2O. The molecule has 0 unspecified atom stereocenters. The fourth-order valence-corrected chi connectivity index (χ4v) is 2.89. The molecular weight excluding hydrogens is 248 g/mol. The summed E-state index contributed by atoms with van der Waals surface area (Å²) < 4.78 is 0. The highest BCUT2D eigenvalue weighted by atomic mass is 16.2. The van der Waals surface area contributed by atoms with Gasteiger partial charge in [0.2, 0.25) is 5.91 Å². The molecule has 108 valence electrons. The van der Waals surface area contributed by atoms with E-state index in [0.717, 1.165) is 17.8 Å². The summed E-state index contributed by atoms with van der Waals surface area (Å²) in [5, 5.41) is 2.98. The minimum Gasteiger partial charge on any atom is -0.325 e. The molecule has 3 heteroatoms. The van der Waals surface area contributed by atoms with Gasteiger partial charge in [-0.05, 0) is 37.5 Å². The second-order valence-electron chi connectivity index (χ2n) is 5.57. The molecule has 0 saturated heterocycles. The highest BCUT2D eigenvalue weighted by Crippen LogP contribution is 2.23. The predicted octanol–water partition coefficient (Wildman–Crippen LogP) is 3.36.